The van der Waals surface area contributed by atoms with E-state index in [2.05, 4.69) is 195 Å². The average molecular weight is 704 g/mol. The molecule has 2 heteroatoms. The van der Waals surface area contributed by atoms with E-state index in [1.807, 2.05) is 12.1 Å². The molecule has 0 radical (unpaired) electrons. The standard InChI is InChI=1S/C53H37NO/c1-53(2)48-31-36(34-13-4-3-5-14-34)25-29-43(48)44-30-28-39(33-49(44)53)54(50-32-37-15-6-7-16-40(37)42-17-8-9-18-45(42)50)38-26-23-35(24-27-38)41-20-12-21-47-46-19-10-11-22-51(46)55-52(41)47/h3-33H,1-2H3. The maximum absolute atomic E-state index is 6.45. The van der Waals surface area contributed by atoms with Crippen molar-refractivity contribution in [2.75, 3.05) is 4.90 Å². The average Bonchev–Trinajstić information content (AvgIpc) is 3.73. The van der Waals surface area contributed by atoms with Gasteiger partial charge in [0.05, 0.1) is 5.69 Å². The fourth-order valence-corrected chi connectivity index (χ4v) is 9.09. The second-order valence-corrected chi connectivity index (χ2v) is 15.3. The molecule has 0 aliphatic heterocycles. The summed E-state index contributed by atoms with van der Waals surface area (Å²) in [7, 11) is 0. The minimum Gasteiger partial charge on any atom is -0.455 e. The Morgan fingerprint density at radius 2 is 1.02 bits per heavy atom. The van der Waals surface area contributed by atoms with Gasteiger partial charge in [0.25, 0.3) is 0 Å². The lowest BCUT2D eigenvalue weighted by Gasteiger charge is -2.29. The van der Waals surface area contributed by atoms with Gasteiger partial charge in [-0.05, 0) is 97.6 Å². The van der Waals surface area contributed by atoms with Crippen LogP contribution in [0.15, 0.2) is 192 Å². The highest BCUT2D eigenvalue weighted by Crippen LogP contribution is 2.52. The summed E-state index contributed by atoms with van der Waals surface area (Å²) in [4.78, 5) is 2.45. The Balaban J connectivity index is 1.09. The monoisotopic (exact) mass is 703 g/mol. The number of fused-ring (bicyclic) bond motifs is 9. The second-order valence-electron chi connectivity index (χ2n) is 15.3. The zero-order valence-corrected chi connectivity index (χ0v) is 30.8. The van der Waals surface area contributed by atoms with Crippen molar-refractivity contribution in [2.24, 2.45) is 0 Å². The van der Waals surface area contributed by atoms with Gasteiger partial charge in [0.1, 0.15) is 11.2 Å². The third kappa shape index (κ3) is 4.88. The summed E-state index contributed by atoms with van der Waals surface area (Å²) < 4.78 is 6.45. The zero-order chi connectivity index (χ0) is 36.7. The van der Waals surface area contributed by atoms with Crippen LogP contribution in [0.2, 0.25) is 0 Å². The molecular weight excluding hydrogens is 667 g/mol. The largest absolute Gasteiger partial charge is 0.455 e. The van der Waals surface area contributed by atoms with Crippen molar-refractivity contribution >= 4 is 60.5 Å². The molecule has 55 heavy (non-hydrogen) atoms. The SMILES string of the molecule is CC1(C)c2cc(-c3ccccc3)ccc2-c2ccc(N(c3ccc(-c4cccc5c4oc4ccccc45)cc3)c3cc4ccccc4c4ccccc34)cc21. The van der Waals surface area contributed by atoms with Gasteiger partial charge in [-0.3, -0.25) is 0 Å². The number of benzene rings is 9. The third-order valence-electron chi connectivity index (χ3n) is 11.9. The number of hydrogen-bond donors (Lipinski definition) is 0. The molecule has 0 spiro atoms. The Kier molecular flexibility index (Phi) is 6.93. The van der Waals surface area contributed by atoms with Gasteiger partial charge in [-0.2, -0.15) is 0 Å². The summed E-state index contributed by atoms with van der Waals surface area (Å²) in [6, 6.07) is 68.5. The van der Waals surface area contributed by atoms with E-state index in [0.717, 1.165) is 50.1 Å². The van der Waals surface area contributed by atoms with Crippen LogP contribution in [-0.2, 0) is 5.41 Å². The van der Waals surface area contributed by atoms with Crippen LogP contribution in [0.5, 0.6) is 0 Å². The lowest BCUT2D eigenvalue weighted by atomic mass is 9.81. The molecule has 1 aromatic heterocycles. The maximum atomic E-state index is 6.45. The number of rotatable bonds is 5. The van der Waals surface area contributed by atoms with Gasteiger partial charge in [-0.25, -0.2) is 0 Å². The van der Waals surface area contributed by atoms with E-state index in [4.69, 9.17) is 4.42 Å². The predicted molar refractivity (Wildman–Crippen MR) is 232 cm³/mol. The lowest BCUT2D eigenvalue weighted by molar-refractivity contribution is 0.660. The molecule has 1 aliphatic carbocycles. The molecule has 0 unspecified atom stereocenters. The highest BCUT2D eigenvalue weighted by Gasteiger charge is 2.36. The first-order valence-corrected chi connectivity index (χ1v) is 19.1. The normalized spacial score (nSPS) is 13.1. The first-order chi connectivity index (χ1) is 27.0. The number of nitrogens with zero attached hydrogens (tertiary/aromatic N) is 1. The molecule has 0 saturated heterocycles. The molecule has 1 aliphatic rings. The van der Waals surface area contributed by atoms with E-state index in [1.54, 1.807) is 0 Å². The summed E-state index contributed by atoms with van der Waals surface area (Å²) in [5.41, 5.74) is 15.1. The summed E-state index contributed by atoms with van der Waals surface area (Å²) in [5, 5.41) is 7.22. The summed E-state index contributed by atoms with van der Waals surface area (Å²) in [5.74, 6) is 0. The van der Waals surface area contributed by atoms with E-state index in [1.165, 1.54) is 54.9 Å². The molecule has 0 amide bonds. The Labute approximate surface area is 320 Å². The van der Waals surface area contributed by atoms with Crippen LogP contribution in [0.4, 0.5) is 17.1 Å². The van der Waals surface area contributed by atoms with Crippen LogP contribution in [0.25, 0.3) is 76.9 Å². The predicted octanol–water partition coefficient (Wildman–Crippen LogP) is 15.0. The maximum Gasteiger partial charge on any atom is 0.143 e. The Morgan fingerprint density at radius 1 is 0.400 bits per heavy atom. The van der Waals surface area contributed by atoms with Crippen molar-refractivity contribution in [1.82, 2.24) is 0 Å². The van der Waals surface area contributed by atoms with Gasteiger partial charge in [-0.1, -0.05) is 159 Å². The van der Waals surface area contributed by atoms with Crippen molar-refractivity contribution in [3.63, 3.8) is 0 Å². The smallest absolute Gasteiger partial charge is 0.143 e. The van der Waals surface area contributed by atoms with E-state index in [9.17, 15) is 0 Å². The van der Waals surface area contributed by atoms with Gasteiger partial charge in [0, 0.05) is 38.5 Å². The first kappa shape index (κ1) is 31.6. The van der Waals surface area contributed by atoms with Gasteiger partial charge in [-0.15, -0.1) is 0 Å². The Morgan fingerprint density at radius 3 is 1.84 bits per heavy atom. The fraction of sp³-hybridized carbons (Fsp3) is 0.0566. The Bertz CT molecular complexity index is 3110. The first-order valence-electron chi connectivity index (χ1n) is 19.1. The van der Waals surface area contributed by atoms with Gasteiger partial charge < -0.3 is 9.32 Å². The molecule has 0 atom stereocenters. The van der Waals surface area contributed by atoms with Crippen LogP contribution in [0, 0.1) is 0 Å². The summed E-state index contributed by atoms with van der Waals surface area (Å²) in [6.45, 7) is 4.75. The second kappa shape index (κ2) is 12.1. The van der Waals surface area contributed by atoms with Crippen LogP contribution >= 0.6 is 0 Å². The number of anilines is 3. The molecule has 0 fully saturated rings. The van der Waals surface area contributed by atoms with Crippen LogP contribution in [0.1, 0.15) is 25.0 Å². The van der Waals surface area contributed by atoms with Crippen LogP contribution < -0.4 is 4.90 Å². The molecule has 2 nitrogen and oxygen atoms in total. The highest BCUT2D eigenvalue weighted by molar-refractivity contribution is 6.15. The van der Waals surface area contributed by atoms with Crippen molar-refractivity contribution in [1.29, 1.82) is 0 Å². The molecule has 0 N–H and O–H groups in total. The number of furan rings is 1. The topological polar surface area (TPSA) is 16.4 Å². The quantitative estimate of drug-likeness (QED) is 0.166. The van der Waals surface area contributed by atoms with E-state index >= 15 is 0 Å². The van der Waals surface area contributed by atoms with Crippen LogP contribution in [-0.4, -0.2) is 0 Å². The van der Waals surface area contributed by atoms with Crippen molar-refractivity contribution in [3.05, 3.63) is 199 Å². The minimum atomic E-state index is -0.183. The number of para-hydroxylation sites is 2. The summed E-state index contributed by atoms with van der Waals surface area (Å²) in [6.07, 6.45) is 0. The Hall–Kier alpha value is -6.90. The van der Waals surface area contributed by atoms with Crippen molar-refractivity contribution < 1.29 is 4.42 Å². The third-order valence-corrected chi connectivity index (χ3v) is 11.9. The van der Waals surface area contributed by atoms with Gasteiger partial charge >= 0.3 is 0 Å². The van der Waals surface area contributed by atoms with Gasteiger partial charge in [0.15, 0.2) is 0 Å². The van der Waals surface area contributed by atoms with E-state index in [0.29, 0.717) is 0 Å². The molecule has 0 saturated carbocycles. The molecule has 0 bridgehead atoms. The molecular formula is C53H37NO. The number of hydrogen-bond acceptors (Lipinski definition) is 2. The molecule has 11 rings (SSSR count). The zero-order valence-electron chi connectivity index (χ0n) is 30.8. The van der Waals surface area contributed by atoms with Gasteiger partial charge in [0.2, 0.25) is 0 Å². The highest BCUT2D eigenvalue weighted by atomic mass is 16.3. The minimum absolute atomic E-state index is 0.183. The fourth-order valence-electron chi connectivity index (χ4n) is 9.09. The molecule has 9 aromatic carbocycles. The van der Waals surface area contributed by atoms with E-state index < -0.39 is 0 Å². The molecule has 260 valence electrons. The van der Waals surface area contributed by atoms with Crippen LogP contribution in [0.3, 0.4) is 0 Å². The summed E-state index contributed by atoms with van der Waals surface area (Å²) >= 11 is 0. The molecule has 1 heterocycles. The van der Waals surface area contributed by atoms with E-state index in [-0.39, 0.29) is 5.41 Å². The lowest BCUT2D eigenvalue weighted by Crippen LogP contribution is -2.17. The van der Waals surface area contributed by atoms with Crippen molar-refractivity contribution in [2.45, 2.75) is 19.3 Å². The van der Waals surface area contributed by atoms with Crippen molar-refractivity contribution in [3.8, 4) is 33.4 Å². The molecule has 10 aromatic rings.